The number of benzene rings is 2. The number of sulfonamides is 1. The lowest BCUT2D eigenvalue weighted by Crippen LogP contribution is -2.61. The molecule has 188 valence electrons. The van der Waals surface area contributed by atoms with E-state index >= 15 is 0 Å². The van der Waals surface area contributed by atoms with Crippen LogP contribution >= 0.6 is 11.8 Å². The summed E-state index contributed by atoms with van der Waals surface area (Å²) in [6, 6.07) is 13.7. The van der Waals surface area contributed by atoms with Crippen LogP contribution in [0.2, 0.25) is 0 Å². The Bertz CT molecular complexity index is 1130. The quantitative estimate of drug-likeness (QED) is 0.472. The molecule has 0 radical (unpaired) electrons. The smallest absolute Gasteiger partial charge is 0.264 e. The average Bonchev–Trinajstić information content (AvgIpc) is 2.82. The predicted molar refractivity (Wildman–Crippen MR) is 139 cm³/mol. The van der Waals surface area contributed by atoms with Gasteiger partial charge in [0.1, 0.15) is 12.3 Å². The maximum Gasteiger partial charge on any atom is 0.264 e. The third kappa shape index (κ3) is 5.05. The molecule has 0 heterocycles. The van der Waals surface area contributed by atoms with Gasteiger partial charge in [0.15, 0.2) is 0 Å². The molecule has 35 heavy (non-hydrogen) atoms. The summed E-state index contributed by atoms with van der Waals surface area (Å²) >= 11 is 1.55. The monoisotopic (exact) mass is 514 g/mol. The Labute approximate surface area is 212 Å². The van der Waals surface area contributed by atoms with E-state index < -0.39 is 10.0 Å². The molecule has 6 rings (SSSR count). The summed E-state index contributed by atoms with van der Waals surface area (Å²) in [5, 5.41) is 3.33. The second-order valence-corrected chi connectivity index (χ2v) is 13.1. The molecule has 2 aromatic rings. The van der Waals surface area contributed by atoms with Gasteiger partial charge in [-0.05, 0) is 118 Å². The lowest BCUT2D eigenvalue weighted by molar-refractivity contribution is -0.125. The Morgan fingerprint density at radius 2 is 1.57 bits per heavy atom. The van der Waals surface area contributed by atoms with Gasteiger partial charge in [0.2, 0.25) is 5.91 Å². The maximum absolute atomic E-state index is 13.8. The van der Waals surface area contributed by atoms with Crippen molar-refractivity contribution in [3.8, 4) is 5.75 Å². The maximum atomic E-state index is 13.8. The normalized spacial score (nSPS) is 27.0. The first kappa shape index (κ1) is 24.5. The first-order valence-corrected chi connectivity index (χ1v) is 15.2. The molecule has 0 atom stereocenters. The Kier molecular flexibility index (Phi) is 6.79. The van der Waals surface area contributed by atoms with E-state index in [9.17, 15) is 13.2 Å². The zero-order valence-electron chi connectivity index (χ0n) is 20.4. The molecule has 0 unspecified atom stereocenters. The number of nitrogens with zero attached hydrogens (tertiary/aromatic N) is 1. The fraction of sp³-hybridized carbons (Fsp3) is 0.519. The minimum atomic E-state index is -3.94. The second kappa shape index (κ2) is 9.69. The molecule has 0 saturated heterocycles. The van der Waals surface area contributed by atoms with Crippen molar-refractivity contribution < 1.29 is 17.9 Å². The van der Waals surface area contributed by atoms with E-state index in [1.54, 1.807) is 60.3 Å². The van der Waals surface area contributed by atoms with Crippen molar-refractivity contribution in [2.45, 2.75) is 60.8 Å². The Morgan fingerprint density at radius 3 is 2.09 bits per heavy atom. The van der Waals surface area contributed by atoms with Crippen molar-refractivity contribution in [1.29, 1.82) is 0 Å². The molecule has 6 nitrogen and oxygen atoms in total. The SMILES string of the molecule is CCOc1ccc(N(CC(=O)NC23CC4CC(CC(C4)C2)C3)S(=O)(=O)c2ccc(SC)cc2)cc1. The molecule has 4 aliphatic carbocycles. The molecule has 2 aromatic carbocycles. The zero-order chi connectivity index (χ0) is 24.6. The van der Waals surface area contributed by atoms with Crippen LogP contribution in [0, 0.1) is 17.8 Å². The van der Waals surface area contributed by atoms with E-state index in [2.05, 4.69) is 5.32 Å². The number of thioether (sulfide) groups is 1. The third-order valence-corrected chi connectivity index (χ3v) is 10.3. The molecule has 4 aliphatic rings. The van der Waals surface area contributed by atoms with E-state index in [4.69, 9.17) is 4.74 Å². The van der Waals surface area contributed by atoms with Crippen molar-refractivity contribution in [1.82, 2.24) is 5.32 Å². The molecule has 0 aromatic heterocycles. The van der Waals surface area contributed by atoms with Crippen LogP contribution < -0.4 is 14.4 Å². The average molecular weight is 515 g/mol. The Hall–Kier alpha value is -2.19. The molecule has 4 saturated carbocycles. The highest BCUT2D eigenvalue weighted by molar-refractivity contribution is 7.98. The van der Waals surface area contributed by atoms with Crippen LogP contribution in [-0.4, -0.2) is 39.3 Å². The van der Waals surface area contributed by atoms with Crippen molar-refractivity contribution >= 4 is 33.4 Å². The van der Waals surface area contributed by atoms with Gasteiger partial charge in [0.25, 0.3) is 10.0 Å². The summed E-state index contributed by atoms with van der Waals surface area (Å²) in [6.45, 7) is 2.18. The van der Waals surface area contributed by atoms with Gasteiger partial charge in [-0.1, -0.05) is 0 Å². The molecular weight excluding hydrogens is 480 g/mol. The number of amides is 1. The first-order chi connectivity index (χ1) is 16.8. The first-order valence-electron chi connectivity index (χ1n) is 12.5. The van der Waals surface area contributed by atoms with Crippen molar-refractivity contribution in [3.63, 3.8) is 0 Å². The van der Waals surface area contributed by atoms with Gasteiger partial charge < -0.3 is 10.1 Å². The molecule has 0 aliphatic heterocycles. The minimum Gasteiger partial charge on any atom is -0.494 e. The standard InChI is InChI=1S/C27H34N2O4S2/c1-3-33-23-6-4-22(5-7-23)29(35(31,32)25-10-8-24(34-2)9-11-25)18-26(30)28-27-15-19-12-20(16-27)14-21(13-19)17-27/h4-11,19-21H,3,12-18H2,1-2H3,(H,28,30). The Balaban J connectivity index is 1.41. The van der Waals surface area contributed by atoms with Gasteiger partial charge in [-0.25, -0.2) is 8.42 Å². The molecule has 1 N–H and O–H groups in total. The van der Waals surface area contributed by atoms with Crippen molar-refractivity contribution in [2.75, 3.05) is 23.7 Å². The topological polar surface area (TPSA) is 75.7 Å². The van der Waals surface area contributed by atoms with Gasteiger partial charge in [-0.15, -0.1) is 11.8 Å². The van der Waals surface area contributed by atoms with E-state index in [0.717, 1.165) is 24.2 Å². The lowest BCUT2D eigenvalue weighted by atomic mass is 9.53. The summed E-state index contributed by atoms with van der Waals surface area (Å²) in [5.41, 5.74) is 0.281. The molecule has 8 heteroatoms. The van der Waals surface area contributed by atoms with Crippen LogP contribution in [0.25, 0.3) is 0 Å². The number of hydrogen-bond donors (Lipinski definition) is 1. The van der Waals surface area contributed by atoms with Gasteiger partial charge >= 0.3 is 0 Å². The molecule has 0 spiro atoms. The highest BCUT2D eigenvalue weighted by atomic mass is 32.2. The van der Waals surface area contributed by atoms with Gasteiger partial charge in [0, 0.05) is 10.4 Å². The minimum absolute atomic E-state index is 0.167. The predicted octanol–water partition coefficient (Wildman–Crippen LogP) is 5.09. The largest absolute Gasteiger partial charge is 0.494 e. The molecule has 1 amide bonds. The fourth-order valence-corrected chi connectivity index (χ4v) is 8.62. The highest BCUT2D eigenvalue weighted by Gasteiger charge is 2.51. The van der Waals surface area contributed by atoms with Gasteiger partial charge in [-0.3, -0.25) is 9.10 Å². The van der Waals surface area contributed by atoms with Crippen LogP contribution in [0.15, 0.2) is 58.3 Å². The number of ether oxygens (including phenoxy) is 1. The Morgan fingerprint density at radius 1 is 1.00 bits per heavy atom. The molecular formula is C27H34N2O4S2. The molecule has 4 bridgehead atoms. The third-order valence-electron chi connectivity index (χ3n) is 7.81. The van der Waals surface area contributed by atoms with Crippen LogP contribution in [0.3, 0.4) is 0 Å². The summed E-state index contributed by atoms with van der Waals surface area (Å²) in [6.07, 6.45) is 8.88. The van der Waals surface area contributed by atoms with Crippen LogP contribution in [0.4, 0.5) is 5.69 Å². The number of nitrogens with one attached hydrogen (secondary N) is 1. The number of carbonyl (C=O) groups excluding carboxylic acids is 1. The van der Waals surface area contributed by atoms with Gasteiger partial charge in [0.05, 0.1) is 17.2 Å². The highest BCUT2D eigenvalue weighted by Crippen LogP contribution is 2.55. The van der Waals surface area contributed by atoms with Crippen LogP contribution in [0.5, 0.6) is 5.75 Å². The summed E-state index contributed by atoms with van der Waals surface area (Å²) in [5.74, 6) is 2.52. The van der Waals surface area contributed by atoms with E-state index in [1.165, 1.54) is 23.6 Å². The van der Waals surface area contributed by atoms with Crippen LogP contribution in [0.1, 0.15) is 45.4 Å². The number of carbonyl (C=O) groups is 1. The number of rotatable bonds is 9. The number of anilines is 1. The zero-order valence-corrected chi connectivity index (χ0v) is 22.0. The van der Waals surface area contributed by atoms with Crippen molar-refractivity contribution in [3.05, 3.63) is 48.5 Å². The summed E-state index contributed by atoms with van der Waals surface area (Å²) in [4.78, 5) is 14.6. The summed E-state index contributed by atoms with van der Waals surface area (Å²) in [7, 11) is -3.94. The summed E-state index contributed by atoms with van der Waals surface area (Å²) < 4.78 is 34.3. The van der Waals surface area contributed by atoms with E-state index in [1.807, 2.05) is 13.2 Å². The molecule has 4 fully saturated rings. The van der Waals surface area contributed by atoms with E-state index in [-0.39, 0.29) is 22.9 Å². The van der Waals surface area contributed by atoms with Crippen molar-refractivity contribution in [2.24, 2.45) is 17.8 Å². The fourth-order valence-electron chi connectivity index (χ4n) is 6.79. The van der Waals surface area contributed by atoms with Crippen LogP contribution in [-0.2, 0) is 14.8 Å². The van der Waals surface area contributed by atoms with E-state index in [0.29, 0.717) is 35.8 Å². The lowest BCUT2D eigenvalue weighted by Gasteiger charge is -2.57. The second-order valence-electron chi connectivity index (χ2n) is 10.4. The van der Waals surface area contributed by atoms with Gasteiger partial charge in [-0.2, -0.15) is 0 Å². The number of hydrogen-bond acceptors (Lipinski definition) is 5.